The topological polar surface area (TPSA) is 85.5 Å². The highest BCUT2D eigenvalue weighted by Gasteiger charge is 2.38. The Labute approximate surface area is 174 Å². The molecule has 0 unspecified atom stereocenters. The third-order valence-electron chi connectivity index (χ3n) is 4.64. The van der Waals surface area contributed by atoms with Crippen molar-refractivity contribution in [2.24, 2.45) is 0 Å². The summed E-state index contributed by atoms with van der Waals surface area (Å²) in [4.78, 5) is 3.31. The predicted octanol–water partition coefficient (Wildman–Crippen LogP) is 3.74. The van der Waals surface area contributed by atoms with Gasteiger partial charge in [-0.15, -0.1) is 0 Å². The summed E-state index contributed by atoms with van der Waals surface area (Å²) >= 11 is 0. The Morgan fingerprint density at radius 2 is 1.74 bits per heavy atom. The van der Waals surface area contributed by atoms with E-state index in [0.29, 0.717) is 17.7 Å². The molecular weight excluding hydrogens is 442 g/mol. The highest BCUT2D eigenvalue weighted by molar-refractivity contribution is 7.89. The van der Waals surface area contributed by atoms with Crippen LogP contribution < -0.4 is 4.74 Å². The molecule has 0 radical (unpaired) electrons. The summed E-state index contributed by atoms with van der Waals surface area (Å²) in [5, 5.41) is 3.31. The average Bonchev–Trinajstić information content (AvgIpc) is 3.39. The Balaban J connectivity index is 1.40. The summed E-state index contributed by atoms with van der Waals surface area (Å²) in [6.07, 6.45) is -4.69. The van der Waals surface area contributed by atoms with Gasteiger partial charge in [0.05, 0.1) is 11.4 Å². The zero-order valence-electron chi connectivity index (χ0n) is 15.7. The van der Waals surface area contributed by atoms with Crippen molar-refractivity contribution in [2.75, 3.05) is 13.1 Å². The molecule has 0 N–H and O–H groups in total. The van der Waals surface area contributed by atoms with Gasteiger partial charge < -0.3 is 9.26 Å². The van der Waals surface area contributed by atoms with Gasteiger partial charge in [0, 0.05) is 12.1 Å². The van der Waals surface area contributed by atoms with Gasteiger partial charge in [-0.3, -0.25) is 0 Å². The first-order valence-electron chi connectivity index (χ1n) is 9.06. The number of hydrogen-bond donors (Lipinski definition) is 0. The minimum atomic E-state index is -4.73. The molecule has 0 bridgehead atoms. The van der Waals surface area contributed by atoms with Gasteiger partial charge in [0.2, 0.25) is 15.8 Å². The monoisotopic (exact) mass is 457 g/mol. The molecule has 4 rings (SSSR count). The summed E-state index contributed by atoms with van der Waals surface area (Å²) in [5.74, 6) is -1.76. The van der Waals surface area contributed by atoms with Gasteiger partial charge >= 0.3 is 12.1 Å². The Bertz CT molecular complexity index is 1160. The molecule has 2 aromatic carbocycles. The number of alkyl halides is 3. The molecule has 0 amide bonds. The SMILES string of the molecule is O=S(=O)(c1ccc(F)cc1)N1CC[C@@H](Oc2ccc(-c3noc(C(F)(F)F)n3)cc2)C1. The molecule has 1 aliphatic heterocycles. The van der Waals surface area contributed by atoms with Gasteiger partial charge in [-0.2, -0.15) is 22.5 Å². The standard InChI is InChI=1S/C19H15F4N3O4S/c20-13-3-7-16(8-4-13)31(27,28)26-10-9-15(11-26)29-14-5-1-12(2-6-14)17-24-18(30-25-17)19(21,22)23/h1-8,15H,9-11H2/t15-/m1/s1. The first kappa shape index (κ1) is 21.2. The van der Waals surface area contributed by atoms with Gasteiger partial charge in [0.15, 0.2) is 0 Å². The molecule has 2 heterocycles. The van der Waals surface area contributed by atoms with Crippen LogP contribution in [0.25, 0.3) is 11.4 Å². The first-order chi connectivity index (χ1) is 14.6. The van der Waals surface area contributed by atoms with E-state index in [1.54, 1.807) is 0 Å². The smallest absolute Gasteiger partial charge is 0.471 e. The molecule has 164 valence electrons. The van der Waals surface area contributed by atoms with Crippen LogP contribution in [0, 0.1) is 5.82 Å². The lowest BCUT2D eigenvalue weighted by Crippen LogP contribution is -2.31. The van der Waals surface area contributed by atoms with E-state index < -0.39 is 34.0 Å². The molecule has 0 saturated carbocycles. The normalized spacial score (nSPS) is 17.7. The number of benzene rings is 2. The lowest BCUT2D eigenvalue weighted by Gasteiger charge is -2.17. The molecule has 7 nitrogen and oxygen atoms in total. The van der Waals surface area contributed by atoms with Crippen molar-refractivity contribution in [1.29, 1.82) is 0 Å². The number of aromatic nitrogens is 2. The molecule has 3 aromatic rings. The van der Waals surface area contributed by atoms with Crippen LogP contribution in [0.5, 0.6) is 5.75 Å². The molecule has 0 spiro atoms. The van der Waals surface area contributed by atoms with Crippen molar-refractivity contribution in [3.8, 4) is 17.1 Å². The zero-order chi connectivity index (χ0) is 22.2. The number of hydrogen-bond acceptors (Lipinski definition) is 6. The maximum absolute atomic E-state index is 13.1. The average molecular weight is 457 g/mol. The summed E-state index contributed by atoms with van der Waals surface area (Å²) in [5.41, 5.74) is 0.304. The number of sulfonamides is 1. The van der Waals surface area contributed by atoms with E-state index in [-0.39, 0.29) is 23.8 Å². The second kappa shape index (κ2) is 7.93. The van der Waals surface area contributed by atoms with Crippen LogP contribution in [-0.4, -0.2) is 42.1 Å². The molecule has 1 aromatic heterocycles. The summed E-state index contributed by atoms with van der Waals surface area (Å²) in [6, 6.07) is 10.6. The quantitative estimate of drug-likeness (QED) is 0.543. The van der Waals surface area contributed by atoms with Crippen LogP contribution in [0.2, 0.25) is 0 Å². The van der Waals surface area contributed by atoms with E-state index in [1.165, 1.54) is 40.7 Å². The van der Waals surface area contributed by atoms with E-state index in [0.717, 1.165) is 12.1 Å². The van der Waals surface area contributed by atoms with Gasteiger partial charge in [-0.25, -0.2) is 12.8 Å². The second-order valence-corrected chi connectivity index (χ2v) is 8.73. The van der Waals surface area contributed by atoms with E-state index in [1.807, 2.05) is 0 Å². The third kappa shape index (κ3) is 4.54. The molecule has 12 heteroatoms. The van der Waals surface area contributed by atoms with Crippen molar-refractivity contribution >= 4 is 10.0 Å². The molecule has 1 saturated heterocycles. The Morgan fingerprint density at radius 3 is 2.35 bits per heavy atom. The van der Waals surface area contributed by atoms with Crippen LogP contribution >= 0.6 is 0 Å². The lowest BCUT2D eigenvalue weighted by molar-refractivity contribution is -0.159. The Hall–Kier alpha value is -2.99. The van der Waals surface area contributed by atoms with Crippen molar-refractivity contribution in [2.45, 2.75) is 23.6 Å². The van der Waals surface area contributed by atoms with Crippen LogP contribution in [0.15, 0.2) is 57.9 Å². The maximum Gasteiger partial charge on any atom is 0.471 e. The molecule has 0 aliphatic carbocycles. The summed E-state index contributed by atoms with van der Waals surface area (Å²) in [7, 11) is -3.77. The van der Waals surface area contributed by atoms with Crippen LogP contribution in [0.4, 0.5) is 17.6 Å². The van der Waals surface area contributed by atoms with Gasteiger partial charge in [-0.1, -0.05) is 5.16 Å². The van der Waals surface area contributed by atoms with Crippen LogP contribution in [0.1, 0.15) is 12.3 Å². The summed E-state index contributed by atoms with van der Waals surface area (Å²) < 4.78 is 87.4. The lowest BCUT2D eigenvalue weighted by atomic mass is 10.2. The largest absolute Gasteiger partial charge is 0.489 e. The highest BCUT2D eigenvalue weighted by Crippen LogP contribution is 2.30. The Kier molecular flexibility index (Phi) is 5.43. The van der Waals surface area contributed by atoms with E-state index >= 15 is 0 Å². The number of halogens is 4. The molecule has 1 atom stereocenters. The number of ether oxygens (including phenoxy) is 1. The van der Waals surface area contributed by atoms with Crippen molar-refractivity contribution in [3.05, 3.63) is 60.2 Å². The van der Waals surface area contributed by atoms with E-state index in [2.05, 4.69) is 14.7 Å². The first-order valence-corrected chi connectivity index (χ1v) is 10.5. The molecular formula is C19H15F4N3O4S. The highest BCUT2D eigenvalue weighted by atomic mass is 32.2. The molecule has 1 aliphatic rings. The molecule has 31 heavy (non-hydrogen) atoms. The zero-order valence-corrected chi connectivity index (χ0v) is 16.5. The number of nitrogens with zero attached hydrogens (tertiary/aromatic N) is 3. The van der Waals surface area contributed by atoms with Gasteiger partial charge in [0.1, 0.15) is 17.7 Å². The third-order valence-corrected chi connectivity index (χ3v) is 6.52. The van der Waals surface area contributed by atoms with Gasteiger partial charge in [0.25, 0.3) is 0 Å². The minimum Gasteiger partial charge on any atom is -0.489 e. The molecule has 1 fully saturated rings. The van der Waals surface area contributed by atoms with Crippen molar-refractivity contribution < 1.29 is 35.2 Å². The fourth-order valence-corrected chi connectivity index (χ4v) is 4.59. The number of rotatable bonds is 5. The predicted molar refractivity (Wildman–Crippen MR) is 98.9 cm³/mol. The van der Waals surface area contributed by atoms with Crippen LogP contribution in [0.3, 0.4) is 0 Å². The summed E-state index contributed by atoms with van der Waals surface area (Å²) in [6.45, 7) is 0.354. The maximum atomic E-state index is 13.1. The fraction of sp³-hybridized carbons (Fsp3) is 0.263. The van der Waals surface area contributed by atoms with Gasteiger partial charge in [-0.05, 0) is 55.0 Å². The minimum absolute atomic E-state index is 0.00255. The van der Waals surface area contributed by atoms with Crippen molar-refractivity contribution in [3.63, 3.8) is 0 Å². The van der Waals surface area contributed by atoms with Crippen molar-refractivity contribution in [1.82, 2.24) is 14.4 Å². The van der Waals surface area contributed by atoms with E-state index in [4.69, 9.17) is 4.74 Å². The Morgan fingerprint density at radius 1 is 1.06 bits per heavy atom. The van der Waals surface area contributed by atoms with E-state index in [9.17, 15) is 26.0 Å². The fourth-order valence-electron chi connectivity index (χ4n) is 3.10. The van der Waals surface area contributed by atoms with Crippen LogP contribution in [-0.2, 0) is 16.2 Å². The second-order valence-electron chi connectivity index (χ2n) is 6.79.